The molecule has 0 spiro atoms. The first-order chi connectivity index (χ1) is 36.2. The van der Waals surface area contributed by atoms with E-state index in [1.807, 2.05) is 0 Å². The van der Waals surface area contributed by atoms with Gasteiger partial charge in [0.15, 0.2) is 0 Å². The number of hydrogen-bond donors (Lipinski definition) is 0. The van der Waals surface area contributed by atoms with Crippen molar-refractivity contribution in [3.63, 3.8) is 0 Å². The zero-order valence-electron chi connectivity index (χ0n) is 49.2. The van der Waals surface area contributed by atoms with Crippen molar-refractivity contribution >= 4 is 78.0 Å². The molecule has 3 aliphatic carbocycles. The average Bonchev–Trinajstić information content (AvgIpc) is 3.96. The molecule has 5 aliphatic rings. The third kappa shape index (κ3) is 7.67. The fourth-order valence-corrected chi connectivity index (χ4v) is 16.3. The normalized spacial score (nSPS) is 19.7. The van der Waals surface area contributed by atoms with Crippen LogP contribution in [-0.2, 0) is 37.9 Å². The highest BCUT2D eigenvalue weighted by Crippen LogP contribution is 2.58. The molecule has 8 aromatic rings. The summed E-state index contributed by atoms with van der Waals surface area (Å²) in [4.78, 5) is 5.56. The molecule has 0 atom stereocenters. The van der Waals surface area contributed by atoms with Gasteiger partial charge in [-0.3, -0.25) is 0 Å². The molecule has 0 radical (unpaired) electrons. The Morgan fingerprint density at radius 1 is 0.429 bits per heavy atom. The lowest BCUT2D eigenvalue weighted by molar-refractivity contribution is 0.332. The topological polar surface area (TPSA) is 6.48 Å². The Labute approximate surface area is 466 Å². The molecule has 0 amide bonds. The van der Waals surface area contributed by atoms with Crippen molar-refractivity contribution in [3.05, 3.63) is 172 Å². The van der Waals surface area contributed by atoms with Crippen LogP contribution < -0.4 is 25.5 Å². The van der Waals surface area contributed by atoms with Gasteiger partial charge in [0.25, 0.3) is 6.71 Å². The van der Waals surface area contributed by atoms with Gasteiger partial charge < -0.3 is 9.80 Å². The summed E-state index contributed by atoms with van der Waals surface area (Å²) >= 11 is 2.09. The van der Waals surface area contributed by atoms with Gasteiger partial charge in [-0.05, 0) is 205 Å². The summed E-state index contributed by atoms with van der Waals surface area (Å²) in [5.41, 5.74) is 27.6. The Kier molecular flexibility index (Phi) is 10.9. The molecule has 3 heterocycles. The van der Waals surface area contributed by atoms with Gasteiger partial charge in [-0.15, -0.1) is 11.3 Å². The van der Waals surface area contributed by atoms with Crippen molar-refractivity contribution in [2.75, 3.05) is 9.80 Å². The van der Waals surface area contributed by atoms with Gasteiger partial charge in [0.1, 0.15) is 0 Å². The molecular weight excluding hydrogens is 948 g/mol. The Hall–Kier alpha value is -5.84. The summed E-state index contributed by atoms with van der Waals surface area (Å²) in [6, 6.07) is 51.2. The Bertz CT molecular complexity index is 3760. The van der Waals surface area contributed by atoms with Gasteiger partial charge in [-0.25, -0.2) is 0 Å². The van der Waals surface area contributed by atoms with Crippen molar-refractivity contribution in [1.82, 2.24) is 0 Å². The molecule has 77 heavy (non-hydrogen) atoms. The van der Waals surface area contributed by atoms with Crippen LogP contribution in [0.1, 0.15) is 187 Å². The number of hydrogen-bond acceptors (Lipinski definition) is 3. The van der Waals surface area contributed by atoms with E-state index in [0.717, 1.165) is 12.8 Å². The molecule has 2 aliphatic heterocycles. The highest BCUT2D eigenvalue weighted by molar-refractivity contribution is 7.33. The fourth-order valence-electron chi connectivity index (χ4n) is 14.9. The van der Waals surface area contributed by atoms with E-state index >= 15 is 0 Å². The predicted molar refractivity (Wildman–Crippen MR) is 336 cm³/mol. The summed E-state index contributed by atoms with van der Waals surface area (Å²) in [7, 11) is 0. The van der Waals surface area contributed by atoms with Crippen LogP contribution in [0.2, 0.25) is 0 Å². The van der Waals surface area contributed by atoms with E-state index in [4.69, 9.17) is 0 Å². The molecule has 392 valence electrons. The van der Waals surface area contributed by atoms with Gasteiger partial charge >= 0.3 is 0 Å². The van der Waals surface area contributed by atoms with E-state index in [-0.39, 0.29) is 44.6 Å². The first kappa shape index (κ1) is 50.7. The zero-order valence-corrected chi connectivity index (χ0v) is 50.1. The number of fused-ring (bicyclic) bond motifs is 9. The largest absolute Gasteiger partial charge is 0.311 e. The number of benzene rings is 7. The van der Waals surface area contributed by atoms with Crippen LogP contribution in [0.4, 0.5) is 34.1 Å². The van der Waals surface area contributed by atoms with E-state index in [1.54, 1.807) is 0 Å². The van der Waals surface area contributed by atoms with E-state index in [1.165, 1.54) is 152 Å². The second-order valence-electron chi connectivity index (χ2n) is 29.4. The lowest BCUT2D eigenvalue weighted by atomic mass is 9.35. The number of anilines is 6. The highest BCUT2D eigenvalue weighted by atomic mass is 32.1. The molecule has 0 fully saturated rings. The number of aryl methyl sites for hydroxylation is 1. The van der Waals surface area contributed by atoms with Crippen molar-refractivity contribution in [2.45, 2.75) is 187 Å². The minimum Gasteiger partial charge on any atom is -0.311 e. The minimum atomic E-state index is -0.0268. The van der Waals surface area contributed by atoms with Crippen LogP contribution in [0.15, 0.2) is 127 Å². The van der Waals surface area contributed by atoms with E-state index < -0.39 is 0 Å². The SMILES string of the molecule is Cc1cc2c3c(c1)N(c1cc4c(cc1-c1ccccc1)C(C)(C)CCC4(C)C)c1c(sc4cc5c(cc14)C(C)(C)CCC5(C)C)B3c1cc3c(cc1N2c1ccc(C(C)(C)C)cc1-c1ccccc1)C(C)(C)CCC3(C)C. The summed E-state index contributed by atoms with van der Waals surface area (Å²) < 4.78 is 2.87. The minimum absolute atomic E-state index is 0.00979. The maximum Gasteiger partial charge on any atom is 0.264 e. The Balaban J connectivity index is 1.21. The zero-order chi connectivity index (χ0) is 54.3. The molecule has 0 N–H and O–H groups in total. The average molecular weight is 1030 g/mol. The second-order valence-corrected chi connectivity index (χ2v) is 30.5. The lowest BCUT2D eigenvalue weighted by Crippen LogP contribution is -2.61. The summed E-state index contributed by atoms with van der Waals surface area (Å²) in [5, 5.41) is 1.40. The molecule has 4 heteroatoms. The number of thiophene rings is 1. The molecule has 1 aromatic heterocycles. The third-order valence-corrected chi connectivity index (χ3v) is 21.4. The smallest absolute Gasteiger partial charge is 0.264 e. The van der Waals surface area contributed by atoms with Gasteiger partial charge in [-0.1, -0.05) is 177 Å². The van der Waals surface area contributed by atoms with Crippen molar-refractivity contribution in [1.29, 1.82) is 0 Å². The van der Waals surface area contributed by atoms with E-state index in [0.29, 0.717) is 0 Å². The van der Waals surface area contributed by atoms with Crippen LogP contribution >= 0.6 is 11.3 Å². The van der Waals surface area contributed by atoms with Crippen LogP contribution in [0, 0.1) is 6.92 Å². The fraction of sp³-hybridized carbons (Fsp3) is 0.397. The van der Waals surface area contributed by atoms with E-state index in [2.05, 4.69) is 259 Å². The van der Waals surface area contributed by atoms with Crippen molar-refractivity contribution in [2.24, 2.45) is 0 Å². The van der Waals surface area contributed by atoms with Crippen LogP contribution in [-0.4, -0.2) is 6.71 Å². The summed E-state index contributed by atoms with van der Waals surface area (Å²) in [5.74, 6) is 0. The first-order valence-electron chi connectivity index (χ1n) is 29.2. The molecule has 0 bridgehead atoms. The van der Waals surface area contributed by atoms with Gasteiger partial charge in [0.2, 0.25) is 0 Å². The van der Waals surface area contributed by atoms with Crippen molar-refractivity contribution in [3.8, 4) is 22.3 Å². The molecule has 13 rings (SSSR count). The van der Waals surface area contributed by atoms with E-state index in [9.17, 15) is 0 Å². The van der Waals surface area contributed by atoms with Crippen LogP contribution in [0.5, 0.6) is 0 Å². The third-order valence-electron chi connectivity index (χ3n) is 20.2. The molecule has 0 saturated carbocycles. The molecule has 0 saturated heterocycles. The van der Waals surface area contributed by atoms with Gasteiger partial charge in [-0.2, -0.15) is 0 Å². The monoisotopic (exact) mass is 1030 g/mol. The molecule has 0 unspecified atom stereocenters. The van der Waals surface area contributed by atoms with Gasteiger partial charge in [0, 0.05) is 43.1 Å². The van der Waals surface area contributed by atoms with Crippen molar-refractivity contribution < 1.29 is 0 Å². The van der Waals surface area contributed by atoms with Crippen LogP contribution in [0.25, 0.3) is 32.3 Å². The van der Waals surface area contributed by atoms with Gasteiger partial charge in [0.05, 0.1) is 17.1 Å². The summed E-state index contributed by atoms with van der Waals surface area (Å²) in [6.45, 7) is 39.5. The number of rotatable bonds is 4. The maximum absolute atomic E-state index is 2.82. The highest BCUT2D eigenvalue weighted by Gasteiger charge is 2.50. The Morgan fingerprint density at radius 2 is 0.870 bits per heavy atom. The quantitative estimate of drug-likeness (QED) is 0.162. The van der Waals surface area contributed by atoms with Crippen LogP contribution in [0.3, 0.4) is 0 Å². The second kappa shape index (κ2) is 16.6. The molecule has 7 aromatic carbocycles. The predicted octanol–water partition coefficient (Wildman–Crippen LogP) is 19.0. The summed E-state index contributed by atoms with van der Waals surface area (Å²) in [6.07, 6.45) is 7.03. The first-order valence-corrected chi connectivity index (χ1v) is 30.0. The molecular formula is C73H81BN2S. The lowest BCUT2D eigenvalue weighted by Gasteiger charge is -2.48. The molecule has 2 nitrogen and oxygen atoms in total. The standard InChI is InChI=1S/C73H81BN2S/c1-44-35-61-64-62(36-44)76(59-41-54-51(68(5,6)29-32-71(54,11)12)38-49(59)46-25-21-18-22-26-46)65-50-39-52-56(73(15,16)34-30-69(52,7)8)43-63(50)77-66(65)74(64)57-40-53-55(72(13,14)33-31-70(53,9)10)42-60(57)75(61)58-28-27-47(67(2,3)4)37-48(58)45-23-19-17-20-24-45/h17-28,35-43H,29-34H2,1-16H3. The Morgan fingerprint density at radius 3 is 1.39 bits per heavy atom. The number of nitrogens with zero attached hydrogens (tertiary/aromatic N) is 2. The maximum atomic E-state index is 2.82.